The summed E-state index contributed by atoms with van der Waals surface area (Å²) in [5.41, 5.74) is 10.1. The van der Waals surface area contributed by atoms with Gasteiger partial charge in [0.15, 0.2) is 5.76 Å². The monoisotopic (exact) mass is 322 g/mol. The molecule has 3 aromatic heterocycles. The highest BCUT2D eigenvalue weighted by atomic mass is 16.4. The lowest BCUT2D eigenvalue weighted by molar-refractivity contribution is 0.0971. The van der Waals surface area contributed by atoms with Crippen molar-refractivity contribution in [2.75, 3.05) is 0 Å². The molecule has 3 heterocycles. The SMILES string of the molecule is Cc1c(C(N)=O)oc2c1-c1nn(Cc3ccccn3)cc1C(C)C2. The van der Waals surface area contributed by atoms with E-state index in [-0.39, 0.29) is 11.7 Å². The fraction of sp³-hybridized carbons (Fsp3) is 0.278. The van der Waals surface area contributed by atoms with Crippen LogP contribution in [0.2, 0.25) is 0 Å². The molecule has 1 unspecified atom stereocenters. The minimum absolute atomic E-state index is 0.235. The molecule has 2 N–H and O–H groups in total. The summed E-state index contributed by atoms with van der Waals surface area (Å²) < 4.78 is 7.61. The third kappa shape index (κ3) is 2.22. The van der Waals surface area contributed by atoms with Crippen LogP contribution < -0.4 is 5.73 Å². The second-order valence-corrected chi connectivity index (χ2v) is 6.28. The molecule has 0 saturated carbocycles. The maximum Gasteiger partial charge on any atom is 0.284 e. The molecule has 24 heavy (non-hydrogen) atoms. The van der Waals surface area contributed by atoms with Crippen molar-refractivity contribution in [3.05, 3.63) is 58.9 Å². The van der Waals surface area contributed by atoms with E-state index in [4.69, 9.17) is 15.2 Å². The highest BCUT2D eigenvalue weighted by Gasteiger charge is 2.32. The topological polar surface area (TPSA) is 86.9 Å². The number of primary amides is 1. The van der Waals surface area contributed by atoms with Crippen molar-refractivity contribution in [3.8, 4) is 11.3 Å². The molecule has 122 valence electrons. The number of nitrogens with zero attached hydrogens (tertiary/aromatic N) is 3. The van der Waals surface area contributed by atoms with Crippen LogP contribution in [0.25, 0.3) is 11.3 Å². The third-order valence-electron chi connectivity index (χ3n) is 4.54. The molecule has 4 rings (SSSR count). The molecule has 0 saturated heterocycles. The molecular formula is C18H18N4O2. The third-order valence-corrected chi connectivity index (χ3v) is 4.54. The summed E-state index contributed by atoms with van der Waals surface area (Å²) in [7, 11) is 0. The molecule has 1 aliphatic rings. The minimum atomic E-state index is -0.538. The van der Waals surface area contributed by atoms with E-state index in [0.717, 1.165) is 34.7 Å². The molecule has 1 atom stereocenters. The Kier molecular flexibility index (Phi) is 3.26. The van der Waals surface area contributed by atoms with Gasteiger partial charge in [0.2, 0.25) is 0 Å². The van der Waals surface area contributed by atoms with Crippen LogP contribution in [0.1, 0.15) is 46.0 Å². The Bertz CT molecular complexity index is 924. The molecule has 0 aliphatic heterocycles. The summed E-state index contributed by atoms with van der Waals surface area (Å²) in [6.45, 7) is 4.60. The number of carbonyl (C=O) groups is 1. The molecule has 0 radical (unpaired) electrons. The van der Waals surface area contributed by atoms with Crippen LogP contribution >= 0.6 is 0 Å². The summed E-state index contributed by atoms with van der Waals surface area (Å²) in [6.07, 6.45) is 4.58. The zero-order valence-electron chi connectivity index (χ0n) is 13.6. The number of amides is 1. The number of fused-ring (bicyclic) bond motifs is 3. The standard InChI is InChI=1S/C18H18N4O2/c1-10-7-14-15(11(2)17(24-14)18(19)23)16-13(10)9-22(21-16)8-12-5-3-4-6-20-12/h3-6,9-10H,7-8H2,1-2H3,(H2,19,23). The van der Waals surface area contributed by atoms with E-state index < -0.39 is 5.91 Å². The van der Waals surface area contributed by atoms with Crippen LogP contribution in [0, 0.1) is 6.92 Å². The quantitative estimate of drug-likeness (QED) is 0.803. The number of nitrogens with two attached hydrogens (primary N) is 1. The first-order valence-electron chi connectivity index (χ1n) is 7.94. The maximum absolute atomic E-state index is 11.6. The zero-order valence-corrected chi connectivity index (χ0v) is 13.6. The van der Waals surface area contributed by atoms with Gasteiger partial charge in [-0.25, -0.2) is 0 Å². The molecule has 1 amide bonds. The van der Waals surface area contributed by atoms with Gasteiger partial charge in [0.1, 0.15) is 5.76 Å². The van der Waals surface area contributed by atoms with Gasteiger partial charge >= 0.3 is 0 Å². The maximum atomic E-state index is 11.6. The molecule has 0 aromatic carbocycles. The van der Waals surface area contributed by atoms with E-state index in [0.29, 0.717) is 6.54 Å². The molecule has 0 fully saturated rings. The second-order valence-electron chi connectivity index (χ2n) is 6.28. The summed E-state index contributed by atoms with van der Waals surface area (Å²) >= 11 is 0. The number of furan rings is 1. The number of aromatic nitrogens is 3. The number of pyridine rings is 1. The van der Waals surface area contributed by atoms with Gasteiger partial charge in [-0.2, -0.15) is 5.10 Å². The van der Waals surface area contributed by atoms with E-state index in [1.807, 2.05) is 29.8 Å². The molecule has 0 spiro atoms. The second kappa shape index (κ2) is 5.33. The Morgan fingerprint density at radius 2 is 2.29 bits per heavy atom. The van der Waals surface area contributed by atoms with Gasteiger partial charge < -0.3 is 10.2 Å². The molecule has 6 heteroatoms. The van der Waals surface area contributed by atoms with Crippen molar-refractivity contribution in [2.24, 2.45) is 5.73 Å². The fourth-order valence-electron chi connectivity index (χ4n) is 3.38. The Hall–Kier alpha value is -2.89. The zero-order chi connectivity index (χ0) is 16.8. The Balaban J connectivity index is 1.79. The average molecular weight is 322 g/mol. The first-order chi connectivity index (χ1) is 11.5. The van der Waals surface area contributed by atoms with Gasteiger partial charge in [-0.3, -0.25) is 14.5 Å². The van der Waals surface area contributed by atoms with E-state index in [1.165, 1.54) is 5.56 Å². The molecule has 6 nitrogen and oxygen atoms in total. The van der Waals surface area contributed by atoms with Crippen molar-refractivity contribution < 1.29 is 9.21 Å². The van der Waals surface area contributed by atoms with Gasteiger partial charge in [-0.1, -0.05) is 13.0 Å². The summed E-state index contributed by atoms with van der Waals surface area (Å²) in [5, 5.41) is 4.74. The average Bonchev–Trinajstić information content (AvgIpc) is 3.10. The summed E-state index contributed by atoms with van der Waals surface area (Å²) in [5.74, 6) is 0.768. The molecule has 0 bridgehead atoms. The van der Waals surface area contributed by atoms with Crippen molar-refractivity contribution in [3.63, 3.8) is 0 Å². The Morgan fingerprint density at radius 3 is 3.00 bits per heavy atom. The first kappa shape index (κ1) is 14.7. The number of rotatable bonds is 3. The number of hydrogen-bond acceptors (Lipinski definition) is 4. The van der Waals surface area contributed by atoms with Gasteiger partial charge in [0, 0.05) is 35.5 Å². The van der Waals surface area contributed by atoms with Crippen molar-refractivity contribution >= 4 is 5.91 Å². The molecule has 3 aromatic rings. The summed E-state index contributed by atoms with van der Waals surface area (Å²) in [6, 6.07) is 5.84. The lowest BCUT2D eigenvalue weighted by atomic mass is 9.86. The largest absolute Gasteiger partial charge is 0.455 e. The van der Waals surface area contributed by atoms with Crippen LogP contribution in [0.15, 0.2) is 35.0 Å². The fourth-order valence-corrected chi connectivity index (χ4v) is 3.38. The van der Waals surface area contributed by atoms with Gasteiger partial charge in [-0.05, 0) is 25.0 Å². The van der Waals surface area contributed by atoms with Gasteiger partial charge in [0.05, 0.1) is 17.9 Å². The Labute approximate surface area is 139 Å². The highest BCUT2D eigenvalue weighted by molar-refractivity contribution is 5.94. The van der Waals surface area contributed by atoms with Gasteiger partial charge in [0.25, 0.3) is 5.91 Å². The van der Waals surface area contributed by atoms with E-state index in [2.05, 4.69) is 18.1 Å². The van der Waals surface area contributed by atoms with E-state index in [9.17, 15) is 4.79 Å². The van der Waals surface area contributed by atoms with E-state index >= 15 is 0 Å². The van der Waals surface area contributed by atoms with E-state index in [1.54, 1.807) is 6.20 Å². The van der Waals surface area contributed by atoms with Crippen molar-refractivity contribution in [1.82, 2.24) is 14.8 Å². The van der Waals surface area contributed by atoms with Gasteiger partial charge in [-0.15, -0.1) is 0 Å². The predicted molar refractivity (Wildman–Crippen MR) is 88.6 cm³/mol. The van der Waals surface area contributed by atoms with Crippen molar-refractivity contribution in [2.45, 2.75) is 32.7 Å². The van der Waals surface area contributed by atoms with Crippen LogP contribution in [0.5, 0.6) is 0 Å². The normalized spacial score (nSPS) is 15.8. The number of carbonyl (C=O) groups excluding carboxylic acids is 1. The number of hydrogen-bond donors (Lipinski definition) is 1. The van der Waals surface area contributed by atoms with Crippen LogP contribution in [0.4, 0.5) is 0 Å². The highest BCUT2D eigenvalue weighted by Crippen LogP contribution is 2.42. The Morgan fingerprint density at radius 1 is 1.46 bits per heavy atom. The van der Waals surface area contributed by atoms with Crippen LogP contribution in [-0.4, -0.2) is 20.7 Å². The first-order valence-corrected chi connectivity index (χ1v) is 7.94. The van der Waals surface area contributed by atoms with Crippen LogP contribution in [0.3, 0.4) is 0 Å². The van der Waals surface area contributed by atoms with Crippen LogP contribution in [-0.2, 0) is 13.0 Å². The minimum Gasteiger partial charge on any atom is -0.455 e. The predicted octanol–water partition coefficient (Wildman–Crippen LogP) is 2.65. The smallest absolute Gasteiger partial charge is 0.284 e. The summed E-state index contributed by atoms with van der Waals surface area (Å²) in [4.78, 5) is 15.9. The molecular weight excluding hydrogens is 304 g/mol. The lowest BCUT2D eigenvalue weighted by Gasteiger charge is -2.16. The molecule has 1 aliphatic carbocycles. The lowest BCUT2D eigenvalue weighted by Crippen LogP contribution is -2.11. The van der Waals surface area contributed by atoms with Crippen molar-refractivity contribution in [1.29, 1.82) is 0 Å².